The summed E-state index contributed by atoms with van der Waals surface area (Å²) in [6.07, 6.45) is 0. The Kier molecular flexibility index (Phi) is 3.76. The molecule has 1 aromatic heterocycles. The minimum absolute atomic E-state index is 0.259. The average molecular weight is 271 g/mol. The summed E-state index contributed by atoms with van der Waals surface area (Å²) in [7, 11) is 1.45. The van der Waals surface area contributed by atoms with Crippen LogP contribution in [0.15, 0.2) is 28.7 Å². The first-order valence-electron chi connectivity index (χ1n) is 5.92. The lowest BCUT2D eigenvalue weighted by atomic mass is 10.2. The van der Waals surface area contributed by atoms with Gasteiger partial charge in [-0.25, -0.2) is 4.79 Å². The SMILES string of the molecule is COc1cc(C#N)ccc1OC(=O)c1cc(C)oc1C. The number of hydrogen-bond donors (Lipinski definition) is 0. The molecule has 0 aliphatic rings. The average Bonchev–Trinajstić information content (AvgIpc) is 2.78. The number of esters is 1. The number of nitrogens with zero attached hydrogens (tertiary/aromatic N) is 1. The number of nitriles is 1. The van der Waals surface area contributed by atoms with Crippen LogP contribution in [0.4, 0.5) is 0 Å². The molecule has 0 fully saturated rings. The zero-order chi connectivity index (χ0) is 14.7. The van der Waals surface area contributed by atoms with Gasteiger partial charge in [0.25, 0.3) is 0 Å². The summed E-state index contributed by atoms with van der Waals surface area (Å²) in [4.78, 5) is 12.1. The second-order valence-corrected chi connectivity index (χ2v) is 4.19. The molecule has 2 rings (SSSR count). The van der Waals surface area contributed by atoms with E-state index in [0.29, 0.717) is 28.4 Å². The highest BCUT2D eigenvalue weighted by atomic mass is 16.6. The first kappa shape index (κ1) is 13.7. The Morgan fingerprint density at radius 2 is 2.00 bits per heavy atom. The van der Waals surface area contributed by atoms with Crippen molar-refractivity contribution in [2.24, 2.45) is 0 Å². The number of rotatable bonds is 3. The molecule has 102 valence electrons. The molecule has 20 heavy (non-hydrogen) atoms. The molecule has 0 aliphatic carbocycles. The molecule has 0 atom stereocenters. The summed E-state index contributed by atoms with van der Waals surface area (Å²) >= 11 is 0. The standard InChI is InChI=1S/C15H13NO4/c1-9-6-12(10(2)19-9)15(17)20-13-5-4-11(8-16)7-14(13)18-3/h4-7H,1-3H3. The van der Waals surface area contributed by atoms with Crippen LogP contribution < -0.4 is 9.47 Å². The van der Waals surface area contributed by atoms with Crippen LogP contribution in [0.25, 0.3) is 0 Å². The Balaban J connectivity index is 2.28. The molecular formula is C15H13NO4. The molecule has 5 heteroatoms. The third-order valence-electron chi connectivity index (χ3n) is 2.76. The van der Waals surface area contributed by atoms with E-state index in [1.807, 2.05) is 6.07 Å². The van der Waals surface area contributed by atoms with Crippen molar-refractivity contribution in [3.05, 3.63) is 46.9 Å². The second-order valence-electron chi connectivity index (χ2n) is 4.19. The molecule has 1 aromatic carbocycles. The Bertz CT molecular complexity index is 694. The topological polar surface area (TPSA) is 72.5 Å². The summed E-state index contributed by atoms with van der Waals surface area (Å²) in [5, 5.41) is 8.82. The highest BCUT2D eigenvalue weighted by molar-refractivity contribution is 5.92. The number of benzene rings is 1. The lowest BCUT2D eigenvalue weighted by molar-refractivity contribution is 0.0728. The van der Waals surface area contributed by atoms with Crippen molar-refractivity contribution in [3.63, 3.8) is 0 Å². The third-order valence-corrected chi connectivity index (χ3v) is 2.76. The Morgan fingerprint density at radius 3 is 2.55 bits per heavy atom. The highest BCUT2D eigenvalue weighted by Gasteiger charge is 2.17. The molecule has 0 amide bonds. The van der Waals surface area contributed by atoms with Gasteiger partial charge in [0.15, 0.2) is 11.5 Å². The van der Waals surface area contributed by atoms with Gasteiger partial charge in [-0.2, -0.15) is 5.26 Å². The van der Waals surface area contributed by atoms with Crippen LogP contribution in [0.3, 0.4) is 0 Å². The van der Waals surface area contributed by atoms with Crippen molar-refractivity contribution < 1.29 is 18.7 Å². The largest absolute Gasteiger partial charge is 0.493 e. The van der Waals surface area contributed by atoms with Crippen molar-refractivity contribution >= 4 is 5.97 Å². The fourth-order valence-corrected chi connectivity index (χ4v) is 1.81. The van der Waals surface area contributed by atoms with E-state index in [0.717, 1.165) is 0 Å². The van der Waals surface area contributed by atoms with Gasteiger partial charge in [0.2, 0.25) is 0 Å². The number of aryl methyl sites for hydroxylation is 2. The van der Waals surface area contributed by atoms with Crippen LogP contribution >= 0.6 is 0 Å². The fourth-order valence-electron chi connectivity index (χ4n) is 1.81. The van der Waals surface area contributed by atoms with Crippen LogP contribution in [0.5, 0.6) is 11.5 Å². The van der Waals surface area contributed by atoms with E-state index in [2.05, 4.69) is 0 Å². The quantitative estimate of drug-likeness (QED) is 0.633. The predicted octanol–water partition coefficient (Wildman–Crippen LogP) is 3.00. The van der Waals surface area contributed by atoms with E-state index in [-0.39, 0.29) is 5.75 Å². The Labute approximate surface area is 116 Å². The van der Waals surface area contributed by atoms with Gasteiger partial charge in [-0.1, -0.05) is 0 Å². The second kappa shape index (κ2) is 5.49. The number of methoxy groups -OCH3 is 1. The first-order valence-corrected chi connectivity index (χ1v) is 5.92. The molecule has 0 spiro atoms. The van der Waals surface area contributed by atoms with Crippen molar-refractivity contribution in [2.45, 2.75) is 13.8 Å². The number of carbonyl (C=O) groups is 1. The maximum Gasteiger partial charge on any atom is 0.347 e. The van der Waals surface area contributed by atoms with Crippen molar-refractivity contribution in [3.8, 4) is 17.6 Å². The fraction of sp³-hybridized carbons (Fsp3) is 0.200. The molecule has 0 N–H and O–H groups in total. The first-order chi connectivity index (χ1) is 9.55. The number of hydrogen-bond acceptors (Lipinski definition) is 5. The van der Waals surface area contributed by atoms with Crippen molar-refractivity contribution in [2.75, 3.05) is 7.11 Å². The minimum Gasteiger partial charge on any atom is -0.493 e. The van der Waals surface area contributed by atoms with Gasteiger partial charge in [-0.15, -0.1) is 0 Å². The van der Waals surface area contributed by atoms with E-state index in [1.165, 1.54) is 19.2 Å². The van der Waals surface area contributed by atoms with Gasteiger partial charge < -0.3 is 13.9 Å². The maximum absolute atomic E-state index is 12.1. The van der Waals surface area contributed by atoms with Crippen LogP contribution in [0, 0.1) is 25.2 Å². The summed E-state index contributed by atoms with van der Waals surface area (Å²) < 4.78 is 15.7. The minimum atomic E-state index is -0.526. The van der Waals surface area contributed by atoms with Crippen LogP contribution in [-0.2, 0) is 0 Å². The van der Waals surface area contributed by atoms with Gasteiger partial charge >= 0.3 is 5.97 Å². The number of ether oxygens (including phenoxy) is 2. The van der Waals surface area contributed by atoms with Gasteiger partial charge in [0.05, 0.1) is 18.7 Å². The maximum atomic E-state index is 12.1. The van der Waals surface area contributed by atoms with Crippen LogP contribution in [0.2, 0.25) is 0 Å². The van der Waals surface area contributed by atoms with Crippen molar-refractivity contribution in [1.29, 1.82) is 5.26 Å². The smallest absolute Gasteiger partial charge is 0.347 e. The molecule has 2 aromatic rings. The lowest BCUT2D eigenvalue weighted by Crippen LogP contribution is -2.09. The Morgan fingerprint density at radius 1 is 1.25 bits per heavy atom. The Hall–Kier alpha value is -2.74. The lowest BCUT2D eigenvalue weighted by Gasteiger charge is -2.08. The molecule has 0 unspecified atom stereocenters. The van der Waals surface area contributed by atoms with E-state index >= 15 is 0 Å². The van der Waals surface area contributed by atoms with Crippen LogP contribution in [-0.4, -0.2) is 13.1 Å². The molecule has 0 aliphatic heterocycles. The number of carbonyl (C=O) groups excluding carboxylic acids is 1. The van der Waals surface area contributed by atoms with Gasteiger partial charge in [0.1, 0.15) is 17.1 Å². The molecule has 0 saturated carbocycles. The summed E-state index contributed by atoms with van der Waals surface area (Å²) in [5.74, 6) is 1.20. The molecule has 0 radical (unpaired) electrons. The van der Waals surface area contributed by atoms with Crippen molar-refractivity contribution in [1.82, 2.24) is 0 Å². The molecule has 1 heterocycles. The zero-order valence-electron chi connectivity index (χ0n) is 11.4. The monoisotopic (exact) mass is 271 g/mol. The van der Waals surface area contributed by atoms with Gasteiger partial charge in [0, 0.05) is 6.07 Å². The van der Waals surface area contributed by atoms with Gasteiger partial charge in [-0.05, 0) is 32.0 Å². The van der Waals surface area contributed by atoms with Crippen LogP contribution in [0.1, 0.15) is 27.4 Å². The molecule has 0 bridgehead atoms. The third kappa shape index (κ3) is 2.64. The summed E-state index contributed by atoms with van der Waals surface area (Å²) in [6, 6.07) is 8.20. The van der Waals surface area contributed by atoms with E-state index < -0.39 is 5.97 Å². The predicted molar refractivity (Wildman–Crippen MR) is 70.8 cm³/mol. The van der Waals surface area contributed by atoms with E-state index in [4.69, 9.17) is 19.2 Å². The highest BCUT2D eigenvalue weighted by Crippen LogP contribution is 2.29. The molecule has 5 nitrogen and oxygen atoms in total. The molecular weight excluding hydrogens is 258 g/mol. The van der Waals surface area contributed by atoms with Gasteiger partial charge in [-0.3, -0.25) is 0 Å². The van der Waals surface area contributed by atoms with E-state index in [9.17, 15) is 4.79 Å². The normalized spacial score (nSPS) is 9.90. The molecule has 0 saturated heterocycles. The summed E-state index contributed by atoms with van der Waals surface area (Å²) in [5.41, 5.74) is 0.797. The van der Waals surface area contributed by atoms with E-state index in [1.54, 1.807) is 26.0 Å². The zero-order valence-corrected chi connectivity index (χ0v) is 11.4. The number of furan rings is 1. The summed E-state index contributed by atoms with van der Waals surface area (Å²) in [6.45, 7) is 3.45.